The zero-order valence-corrected chi connectivity index (χ0v) is 13.3. The van der Waals surface area contributed by atoms with Crippen molar-refractivity contribution in [2.45, 2.75) is 6.04 Å². The van der Waals surface area contributed by atoms with E-state index in [1.807, 2.05) is 29.2 Å². The van der Waals surface area contributed by atoms with Gasteiger partial charge < -0.3 is 10.5 Å². The van der Waals surface area contributed by atoms with E-state index in [0.717, 1.165) is 15.2 Å². The van der Waals surface area contributed by atoms with E-state index in [2.05, 4.69) is 33.1 Å². The van der Waals surface area contributed by atoms with E-state index in [0.29, 0.717) is 12.5 Å². The first-order valence-corrected chi connectivity index (χ1v) is 7.79. The predicted molar refractivity (Wildman–Crippen MR) is 86.7 cm³/mol. The van der Waals surface area contributed by atoms with Crippen molar-refractivity contribution in [3.63, 3.8) is 0 Å². The molecule has 0 saturated heterocycles. The van der Waals surface area contributed by atoms with E-state index >= 15 is 0 Å². The molecule has 1 aliphatic rings. The number of rotatable bonds is 3. The van der Waals surface area contributed by atoms with Crippen molar-refractivity contribution in [2.24, 2.45) is 10.7 Å². The Hall–Kier alpha value is -1.53. The van der Waals surface area contributed by atoms with Crippen LogP contribution in [0.4, 0.5) is 5.69 Å². The molecule has 1 unspecified atom stereocenters. The van der Waals surface area contributed by atoms with Crippen LogP contribution in [0.2, 0.25) is 0 Å². The summed E-state index contributed by atoms with van der Waals surface area (Å²) in [6.07, 6.45) is 0. The van der Waals surface area contributed by atoms with Gasteiger partial charge in [0, 0.05) is 4.88 Å². The molecular formula is C14H14BrN3OS. The lowest BCUT2D eigenvalue weighted by Crippen LogP contribution is -2.36. The topological polar surface area (TPSA) is 50.9 Å². The second kappa shape index (κ2) is 5.46. The quantitative estimate of drug-likeness (QED) is 0.921. The van der Waals surface area contributed by atoms with Gasteiger partial charge in [0.15, 0.2) is 5.96 Å². The SMILES string of the molecule is COc1ccccc1N1C(N)=NCC1c1ccc(Br)s1. The van der Waals surface area contributed by atoms with Gasteiger partial charge in [0.05, 0.1) is 29.2 Å². The molecule has 3 rings (SSSR count). The molecule has 0 saturated carbocycles. The van der Waals surface area contributed by atoms with Crippen LogP contribution in [0.25, 0.3) is 0 Å². The third-order valence-corrected chi connectivity index (χ3v) is 4.98. The number of ether oxygens (including phenoxy) is 1. The Bertz CT molecular complexity index is 655. The number of benzene rings is 1. The summed E-state index contributed by atoms with van der Waals surface area (Å²) >= 11 is 5.21. The van der Waals surface area contributed by atoms with Crippen LogP contribution < -0.4 is 15.4 Å². The third-order valence-electron chi connectivity index (χ3n) is 3.25. The van der Waals surface area contributed by atoms with Crippen LogP contribution in [0.1, 0.15) is 10.9 Å². The molecule has 0 fully saturated rings. The smallest absolute Gasteiger partial charge is 0.196 e. The molecule has 1 atom stereocenters. The van der Waals surface area contributed by atoms with Crippen molar-refractivity contribution < 1.29 is 4.74 Å². The molecule has 0 aliphatic carbocycles. The Morgan fingerprint density at radius 1 is 1.35 bits per heavy atom. The number of halogens is 1. The van der Waals surface area contributed by atoms with Gasteiger partial charge in [-0.3, -0.25) is 9.89 Å². The highest BCUT2D eigenvalue weighted by Gasteiger charge is 2.31. The number of anilines is 1. The van der Waals surface area contributed by atoms with E-state index in [-0.39, 0.29) is 6.04 Å². The summed E-state index contributed by atoms with van der Waals surface area (Å²) in [5.74, 6) is 1.33. The largest absolute Gasteiger partial charge is 0.495 e. The van der Waals surface area contributed by atoms with Crippen LogP contribution in [0.5, 0.6) is 5.75 Å². The minimum atomic E-state index is 0.127. The van der Waals surface area contributed by atoms with E-state index in [1.165, 1.54) is 4.88 Å². The van der Waals surface area contributed by atoms with Gasteiger partial charge in [-0.2, -0.15) is 0 Å². The standard InChI is InChI=1S/C14H14BrN3OS/c1-19-11-5-3-2-4-9(11)18-10(8-17-14(18)16)12-6-7-13(15)20-12/h2-7,10H,8H2,1H3,(H2,16,17). The highest BCUT2D eigenvalue weighted by Crippen LogP contribution is 2.39. The first-order chi connectivity index (χ1) is 9.70. The summed E-state index contributed by atoms with van der Waals surface area (Å²) in [4.78, 5) is 7.66. The molecule has 0 radical (unpaired) electrons. The summed E-state index contributed by atoms with van der Waals surface area (Å²) in [7, 11) is 1.67. The Morgan fingerprint density at radius 3 is 2.85 bits per heavy atom. The molecule has 2 N–H and O–H groups in total. The molecule has 0 bridgehead atoms. The van der Waals surface area contributed by atoms with E-state index < -0.39 is 0 Å². The maximum atomic E-state index is 6.08. The van der Waals surface area contributed by atoms with E-state index in [1.54, 1.807) is 18.4 Å². The van der Waals surface area contributed by atoms with Crippen LogP contribution >= 0.6 is 27.3 Å². The van der Waals surface area contributed by atoms with Gasteiger partial charge in [0.2, 0.25) is 0 Å². The van der Waals surface area contributed by atoms with Gasteiger partial charge in [-0.25, -0.2) is 0 Å². The Morgan fingerprint density at radius 2 is 2.15 bits per heavy atom. The van der Waals surface area contributed by atoms with Crippen molar-refractivity contribution in [3.05, 3.63) is 45.1 Å². The first-order valence-electron chi connectivity index (χ1n) is 6.18. The van der Waals surface area contributed by atoms with E-state index in [4.69, 9.17) is 10.5 Å². The van der Waals surface area contributed by atoms with Crippen molar-refractivity contribution >= 4 is 38.9 Å². The molecule has 1 aromatic heterocycles. The monoisotopic (exact) mass is 351 g/mol. The van der Waals surface area contributed by atoms with Crippen molar-refractivity contribution in [3.8, 4) is 5.75 Å². The number of hydrogen-bond acceptors (Lipinski definition) is 5. The molecule has 0 spiro atoms. The minimum absolute atomic E-state index is 0.127. The number of hydrogen-bond donors (Lipinski definition) is 1. The lowest BCUT2D eigenvalue weighted by atomic mass is 10.2. The van der Waals surface area contributed by atoms with Gasteiger partial charge in [-0.15, -0.1) is 11.3 Å². The van der Waals surface area contributed by atoms with Crippen molar-refractivity contribution in [1.82, 2.24) is 0 Å². The minimum Gasteiger partial charge on any atom is -0.495 e. The van der Waals surface area contributed by atoms with Crippen molar-refractivity contribution in [2.75, 3.05) is 18.6 Å². The molecule has 2 heterocycles. The number of methoxy groups -OCH3 is 1. The summed E-state index contributed by atoms with van der Waals surface area (Å²) < 4.78 is 6.55. The average Bonchev–Trinajstić information content (AvgIpc) is 3.04. The Labute approximate surface area is 130 Å². The van der Waals surface area contributed by atoms with E-state index in [9.17, 15) is 0 Å². The maximum absolute atomic E-state index is 6.08. The molecular weight excluding hydrogens is 338 g/mol. The highest BCUT2D eigenvalue weighted by molar-refractivity contribution is 9.11. The van der Waals surface area contributed by atoms with Crippen LogP contribution in [-0.4, -0.2) is 19.6 Å². The molecule has 2 aromatic rings. The second-order valence-corrected chi connectivity index (χ2v) is 6.89. The van der Waals surface area contributed by atoms with Crippen LogP contribution in [0.3, 0.4) is 0 Å². The fourth-order valence-corrected chi connectivity index (χ4v) is 3.85. The summed E-state index contributed by atoms with van der Waals surface area (Å²) in [6, 6.07) is 12.1. The molecule has 104 valence electrons. The van der Waals surface area contributed by atoms with Gasteiger partial charge in [0.1, 0.15) is 5.75 Å². The predicted octanol–water partition coefficient (Wildman–Crippen LogP) is 3.40. The number of aliphatic imine (C=N–C) groups is 1. The average molecular weight is 352 g/mol. The second-order valence-electron chi connectivity index (χ2n) is 4.40. The molecule has 6 heteroatoms. The summed E-state index contributed by atoms with van der Waals surface area (Å²) in [5, 5.41) is 0. The summed E-state index contributed by atoms with van der Waals surface area (Å²) in [6.45, 7) is 0.664. The third kappa shape index (κ3) is 2.29. The van der Waals surface area contributed by atoms with Crippen LogP contribution in [-0.2, 0) is 0 Å². The fraction of sp³-hybridized carbons (Fsp3) is 0.214. The highest BCUT2D eigenvalue weighted by atomic mass is 79.9. The van der Waals surface area contributed by atoms with Gasteiger partial charge in [0.25, 0.3) is 0 Å². The number of nitrogens with two attached hydrogens (primary N) is 1. The molecule has 20 heavy (non-hydrogen) atoms. The van der Waals surface area contributed by atoms with Gasteiger partial charge in [-0.05, 0) is 40.2 Å². The lowest BCUT2D eigenvalue weighted by Gasteiger charge is -2.27. The normalized spacial score (nSPS) is 18.2. The van der Waals surface area contributed by atoms with Crippen LogP contribution in [0, 0.1) is 0 Å². The summed E-state index contributed by atoms with van der Waals surface area (Å²) in [5.41, 5.74) is 7.03. The molecule has 1 aliphatic heterocycles. The molecule has 1 aromatic carbocycles. The van der Waals surface area contributed by atoms with Gasteiger partial charge >= 0.3 is 0 Å². The number of thiophene rings is 1. The van der Waals surface area contributed by atoms with Gasteiger partial charge in [-0.1, -0.05) is 12.1 Å². The number of nitrogens with zero attached hydrogens (tertiary/aromatic N) is 2. The zero-order chi connectivity index (χ0) is 14.1. The van der Waals surface area contributed by atoms with Crippen molar-refractivity contribution in [1.29, 1.82) is 0 Å². The first kappa shape index (κ1) is 13.5. The number of guanidine groups is 1. The Kier molecular flexibility index (Phi) is 3.67. The lowest BCUT2D eigenvalue weighted by molar-refractivity contribution is 0.415. The van der Waals surface area contributed by atoms with Crippen LogP contribution in [0.15, 0.2) is 45.2 Å². The zero-order valence-electron chi connectivity index (χ0n) is 10.9. The molecule has 0 amide bonds. The number of para-hydroxylation sites is 2. The molecule has 4 nitrogen and oxygen atoms in total. The Balaban J connectivity index is 2.02. The maximum Gasteiger partial charge on any atom is 0.196 e. The fourth-order valence-electron chi connectivity index (χ4n) is 2.34.